The number of halogens is 3. The van der Waals surface area contributed by atoms with Crippen LogP contribution in [-0.4, -0.2) is 39.6 Å². The molecular weight excluding hydrogens is 487 g/mol. The molecule has 1 fully saturated rings. The highest BCUT2D eigenvalue weighted by atomic mass is 19.3. The van der Waals surface area contributed by atoms with Crippen molar-refractivity contribution in [3.8, 4) is 11.5 Å². The van der Waals surface area contributed by atoms with Crippen molar-refractivity contribution in [1.82, 2.24) is 4.57 Å². The van der Waals surface area contributed by atoms with Crippen molar-refractivity contribution >= 4 is 16.7 Å². The number of hydrogen-bond acceptors (Lipinski definition) is 5. The van der Waals surface area contributed by atoms with E-state index in [1.54, 1.807) is 6.92 Å². The van der Waals surface area contributed by atoms with Gasteiger partial charge in [-0.05, 0) is 60.7 Å². The number of alkyl halides is 2. The fourth-order valence-electron chi connectivity index (χ4n) is 4.48. The third-order valence-corrected chi connectivity index (χ3v) is 6.99. The molecule has 0 amide bonds. The van der Waals surface area contributed by atoms with E-state index in [9.17, 15) is 23.8 Å². The third kappa shape index (κ3) is 4.48. The van der Waals surface area contributed by atoms with E-state index in [4.69, 9.17) is 11.0 Å². The van der Waals surface area contributed by atoms with Crippen LogP contribution in [0.25, 0.3) is 10.9 Å². The van der Waals surface area contributed by atoms with Crippen LogP contribution < -0.4 is 9.47 Å². The van der Waals surface area contributed by atoms with Gasteiger partial charge in [0.25, 0.3) is 0 Å². The fraction of sp³-hybridized carbons (Fsp3) is 0.464. The van der Waals surface area contributed by atoms with Gasteiger partial charge < -0.3 is 24.3 Å². The Labute approximate surface area is 223 Å². The molecule has 2 aliphatic rings. The van der Waals surface area contributed by atoms with Crippen molar-refractivity contribution in [3.63, 3.8) is 0 Å². The summed E-state index contributed by atoms with van der Waals surface area (Å²) >= 11 is 0. The van der Waals surface area contributed by atoms with Crippen molar-refractivity contribution in [2.24, 2.45) is 0 Å². The highest BCUT2D eigenvalue weighted by molar-refractivity contribution is 5.95. The van der Waals surface area contributed by atoms with Gasteiger partial charge in [-0.2, -0.15) is 0 Å². The van der Waals surface area contributed by atoms with Gasteiger partial charge in [-0.25, -0.2) is 4.39 Å². The summed E-state index contributed by atoms with van der Waals surface area (Å²) in [6.45, 7) is -3.52. The second-order valence-corrected chi connectivity index (χ2v) is 9.64. The van der Waals surface area contributed by atoms with E-state index in [-0.39, 0.29) is 47.0 Å². The quantitative estimate of drug-likeness (QED) is 0.412. The summed E-state index contributed by atoms with van der Waals surface area (Å²) in [7, 11) is 0. The third-order valence-electron chi connectivity index (χ3n) is 6.99. The number of ether oxygens (including phenoxy) is 2. The Hall–Kier alpha value is -3.04. The molecule has 0 bridgehead atoms. The van der Waals surface area contributed by atoms with Crippen LogP contribution in [0.5, 0.6) is 11.5 Å². The summed E-state index contributed by atoms with van der Waals surface area (Å²) in [6.07, 6.45) is -6.59. The zero-order valence-electron chi connectivity index (χ0n) is 28.0. The number of aliphatic hydroxyl groups excluding tert-OH is 2. The average Bonchev–Trinajstić information content (AvgIpc) is 3.55. The van der Waals surface area contributed by atoms with Crippen LogP contribution in [-0.2, 0) is 28.5 Å². The van der Waals surface area contributed by atoms with Gasteiger partial charge in [-0.1, -0.05) is 26.7 Å². The molecule has 2 aromatic carbocycles. The van der Waals surface area contributed by atoms with E-state index in [0.29, 0.717) is 0 Å². The summed E-state index contributed by atoms with van der Waals surface area (Å²) in [5.74, 6) is -3.22. The number of Topliss-reactive ketones (excluding diaryl/α,β-unsaturated/α-hetero) is 1. The second kappa shape index (κ2) is 8.77. The smallest absolute Gasteiger partial charge is 0.395 e. The number of hydrogen-bond donors (Lipinski definition) is 2. The van der Waals surface area contributed by atoms with Gasteiger partial charge in [-0.3, -0.25) is 4.79 Å². The van der Waals surface area contributed by atoms with E-state index in [2.05, 4.69) is 9.47 Å². The van der Waals surface area contributed by atoms with Gasteiger partial charge >= 0.3 is 6.29 Å². The predicted octanol–water partition coefficient (Wildman–Crippen LogP) is 4.99. The van der Waals surface area contributed by atoms with Crippen LogP contribution in [0.15, 0.2) is 36.3 Å². The molecule has 1 unspecified atom stereocenters. The number of carbonyl (C=O) groups is 1. The highest BCUT2D eigenvalue weighted by Crippen LogP contribution is 2.52. The Morgan fingerprint density at radius 2 is 2.03 bits per heavy atom. The molecule has 2 N–H and O–H groups in total. The molecule has 1 aliphatic heterocycles. The molecule has 1 aromatic heterocycles. The first-order chi connectivity index (χ1) is 20.7. The van der Waals surface area contributed by atoms with Crippen LogP contribution in [0, 0.1) is 5.82 Å². The van der Waals surface area contributed by atoms with E-state index in [1.165, 1.54) is 19.1 Å². The topological polar surface area (TPSA) is 80.9 Å². The molecular formula is C28H30F3NO5. The number of fused-ring (bicyclic) bond motifs is 2. The molecule has 37 heavy (non-hydrogen) atoms. The van der Waals surface area contributed by atoms with Crippen molar-refractivity contribution in [2.45, 2.75) is 76.1 Å². The van der Waals surface area contributed by atoms with Gasteiger partial charge in [-0.15, -0.1) is 8.78 Å². The molecule has 2 heterocycles. The summed E-state index contributed by atoms with van der Waals surface area (Å²) in [6, 6.07) is 1.30. The Balaban J connectivity index is 1.61. The summed E-state index contributed by atoms with van der Waals surface area (Å²) < 4.78 is 119. The molecule has 198 valence electrons. The van der Waals surface area contributed by atoms with Gasteiger partial charge in [0.1, 0.15) is 11.6 Å². The van der Waals surface area contributed by atoms with Crippen molar-refractivity contribution in [3.05, 3.63) is 59.0 Å². The zero-order valence-corrected chi connectivity index (χ0v) is 20.0. The van der Waals surface area contributed by atoms with Crippen LogP contribution in [0.3, 0.4) is 0 Å². The number of aliphatic hydroxyl groups is 2. The molecule has 0 radical (unpaired) electrons. The summed E-state index contributed by atoms with van der Waals surface area (Å²) in [4.78, 5) is 13.7. The van der Waals surface area contributed by atoms with E-state index < -0.39 is 90.8 Å². The van der Waals surface area contributed by atoms with E-state index in [1.807, 2.05) is 0 Å². The molecule has 3 aromatic rings. The second-order valence-electron chi connectivity index (χ2n) is 9.64. The average molecular weight is 526 g/mol. The van der Waals surface area contributed by atoms with Crippen molar-refractivity contribution < 1.29 is 48.6 Å². The lowest BCUT2D eigenvalue weighted by Gasteiger charge is -2.26. The molecule has 1 aliphatic carbocycles. The maximum absolute atomic E-state index is 15.7. The Kier molecular flexibility index (Phi) is 4.14. The molecule has 0 saturated heterocycles. The first-order valence-corrected chi connectivity index (χ1v) is 11.7. The van der Waals surface area contributed by atoms with Crippen LogP contribution in [0.4, 0.5) is 13.2 Å². The van der Waals surface area contributed by atoms with E-state index in [0.717, 1.165) is 10.6 Å². The molecule has 2 atom stereocenters. The van der Waals surface area contributed by atoms with E-state index >= 15 is 4.39 Å². The van der Waals surface area contributed by atoms with Gasteiger partial charge in [0, 0.05) is 27.0 Å². The number of nitrogens with zero attached hydrogens (tertiary/aromatic N) is 1. The predicted molar refractivity (Wildman–Crippen MR) is 131 cm³/mol. The monoisotopic (exact) mass is 525 g/mol. The normalized spacial score (nSPS) is 23.4. The SMILES string of the molecule is [2H]c1c([2H])c(C2(C(=O)Cc3cc4cc(C(C)(CC)C([2H])([2H])[2H])n(C([2H])([2H])[C@@H](O)CO)c4cc3F)CC2)c([2H])c2c1OC(F)(F)O2. The standard InChI is InChI=1S/C28H30F3NO5/c1-4-26(2,3)24-10-17-9-16(20(29)13-21(17)32(24)14-19(34)15-33)11-25(35)27(7-8-27)18-5-6-22-23(12-18)37-28(30,31)36-22/h5-6,9-10,12-13,19,33-34H,4,7-8,11,14-15H2,1-3H3/t19-/m1/s1/i2D3,5D,6D,12D,14D2/t19-,26?. The minimum Gasteiger partial charge on any atom is -0.395 e. The molecule has 5 rings (SSSR count). The number of carbonyl (C=O) groups excluding carboxylic acids is 1. The number of aromatic nitrogens is 1. The lowest BCUT2D eigenvalue weighted by molar-refractivity contribution is -0.286. The highest BCUT2D eigenvalue weighted by Gasteiger charge is 2.52. The Morgan fingerprint density at radius 3 is 2.68 bits per heavy atom. The molecule has 0 spiro atoms. The maximum atomic E-state index is 15.7. The minimum absolute atomic E-state index is 0.00810. The maximum Gasteiger partial charge on any atom is 0.586 e. The number of benzene rings is 2. The van der Waals surface area contributed by atoms with Crippen molar-refractivity contribution in [2.75, 3.05) is 6.61 Å². The molecule has 6 nitrogen and oxygen atoms in total. The van der Waals surface area contributed by atoms with Crippen LogP contribution >= 0.6 is 0 Å². The zero-order chi connectivity index (χ0) is 33.7. The first-order valence-electron chi connectivity index (χ1n) is 15.7. The summed E-state index contributed by atoms with van der Waals surface area (Å²) in [5.41, 5.74) is -3.97. The largest absolute Gasteiger partial charge is 0.586 e. The fourth-order valence-corrected chi connectivity index (χ4v) is 4.48. The van der Waals surface area contributed by atoms with Gasteiger partial charge in [0.2, 0.25) is 0 Å². The number of ketones is 1. The van der Waals surface area contributed by atoms with Crippen LogP contribution in [0.1, 0.15) is 67.7 Å². The van der Waals surface area contributed by atoms with Gasteiger partial charge in [0.15, 0.2) is 11.5 Å². The lowest BCUT2D eigenvalue weighted by Crippen LogP contribution is -2.26. The van der Waals surface area contributed by atoms with Crippen molar-refractivity contribution in [1.29, 1.82) is 0 Å². The summed E-state index contributed by atoms with van der Waals surface area (Å²) in [5, 5.41) is 20.0. The lowest BCUT2D eigenvalue weighted by atomic mass is 9.86. The first kappa shape index (κ1) is 17.5. The van der Waals surface area contributed by atoms with Gasteiger partial charge in [0.05, 0.1) is 37.0 Å². The Morgan fingerprint density at radius 1 is 1.30 bits per heavy atom. The molecule has 1 saturated carbocycles. The Bertz CT molecular complexity index is 1720. The molecule has 9 heteroatoms. The minimum atomic E-state index is -4.16. The number of rotatable bonds is 9. The van der Waals surface area contributed by atoms with Crippen LogP contribution in [0.2, 0.25) is 0 Å².